The molecule has 0 aromatic heterocycles. The molecule has 2 N–H and O–H groups in total. The van der Waals surface area contributed by atoms with E-state index in [9.17, 15) is 15.0 Å². The maximum absolute atomic E-state index is 12.5. The van der Waals surface area contributed by atoms with Crippen molar-refractivity contribution in [2.45, 2.75) is 90.5 Å². The van der Waals surface area contributed by atoms with Gasteiger partial charge in [-0.3, -0.25) is 4.79 Å². The summed E-state index contributed by atoms with van der Waals surface area (Å²) in [6.45, 7) is 8.33. The van der Waals surface area contributed by atoms with Gasteiger partial charge in [-0.05, 0) is 77.2 Å². The Bertz CT molecular complexity index is 790. The van der Waals surface area contributed by atoms with E-state index in [1.54, 1.807) is 0 Å². The van der Waals surface area contributed by atoms with Crippen LogP contribution in [-0.2, 0) is 4.79 Å². The summed E-state index contributed by atoms with van der Waals surface area (Å²) in [6.07, 6.45) is 10.7. The van der Waals surface area contributed by atoms with Crippen LogP contribution in [0.1, 0.15) is 77.9 Å². The van der Waals surface area contributed by atoms with Crippen LogP contribution >= 0.6 is 0 Å². The van der Waals surface area contributed by atoms with Crippen LogP contribution in [0.5, 0.6) is 0 Å². The van der Waals surface area contributed by atoms with Gasteiger partial charge in [0, 0.05) is 24.4 Å². The fraction of sp³-hybridized carbons (Fsp3) is 0.607. The van der Waals surface area contributed by atoms with Gasteiger partial charge in [0.2, 0.25) is 5.91 Å². The Morgan fingerprint density at radius 3 is 2.47 bits per heavy atom. The molecule has 0 saturated heterocycles. The molecule has 0 radical (unpaired) electrons. The number of rotatable bonds is 10. The van der Waals surface area contributed by atoms with Crippen LogP contribution in [0.2, 0.25) is 0 Å². The summed E-state index contributed by atoms with van der Waals surface area (Å²) < 4.78 is 0. The van der Waals surface area contributed by atoms with E-state index in [-0.39, 0.29) is 30.0 Å². The van der Waals surface area contributed by atoms with Crippen molar-refractivity contribution in [2.24, 2.45) is 17.8 Å². The number of hydrogen-bond acceptors (Lipinski definition) is 3. The highest BCUT2D eigenvalue weighted by Gasteiger charge is 2.43. The summed E-state index contributed by atoms with van der Waals surface area (Å²) in [7, 11) is 0. The molecule has 1 fully saturated rings. The van der Waals surface area contributed by atoms with E-state index >= 15 is 0 Å². The Morgan fingerprint density at radius 1 is 1.12 bits per heavy atom. The molecule has 32 heavy (non-hydrogen) atoms. The highest BCUT2D eigenvalue weighted by atomic mass is 16.3. The van der Waals surface area contributed by atoms with E-state index in [1.807, 2.05) is 47.4 Å². The van der Waals surface area contributed by atoms with Crippen LogP contribution in [0, 0.1) is 17.8 Å². The van der Waals surface area contributed by atoms with Gasteiger partial charge in [-0.1, -0.05) is 54.1 Å². The normalized spacial score (nSPS) is 26.1. The number of hydrogen-bond donors (Lipinski definition) is 2. The zero-order valence-electron chi connectivity index (χ0n) is 20.2. The molecule has 1 aromatic carbocycles. The number of aliphatic hydroxyl groups excluding tert-OH is 2. The maximum Gasteiger partial charge on any atom is 0.223 e. The van der Waals surface area contributed by atoms with Gasteiger partial charge in [0.1, 0.15) is 0 Å². The number of benzene rings is 1. The molecule has 176 valence electrons. The Labute approximate surface area is 194 Å². The second-order valence-electron chi connectivity index (χ2n) is 10.2. The fourth-order valence-electron chi connectivity index (χ4n) is 5.72. The summed E-state index contributed by atoms with van der Waals surface area (Å²) in [6, 6.07) is 10.1. The van der Waals surface area contributed by atoms with Gasteiger partial charge in [0.25, 0.3) is 0 Å². The molecule has 1 saturated carbocycles. The molecule has 1 aromatic rings. The van der Waals surface area contributed by atoms with E-state index in [1.165, 1.54) is 5.57 Å². The number of fused-ring (bicyclic) bond motifs is 1. The van der Waals surface area contributed by atoms with Crippen molar-refractivity contribution in [1.29, 1.82) is 0 Å². The zero-order chi connectivity index (χ0) is 23.3. The predicted molar refractivity (Wildman–Crippen MR) is 130 cm³/mol. The van der Waals surface area contributed by atoms with Gasteiger partial charge in [-0.25, -0.2) is 0 Å². The number of nitrogens with zero attached hydrogens (tertiary/aromatic N) is 1. The van der Waals surface area contributed by atoms with Gasteiger partial charge < -0.3 is 15.1 Å². The van der Waals surface area contributed by atoms with Gasteiger partial charge >= 0.3 is 0 Å². The van der Waals surface area contributed by atoms with Crippen molar-refractivity contribution in [1.82, 2.24) is 4.90 Å². The smallest absolute Gasteiger partial charge is 0.223 e. The zero-order valence-corrected chi connectivity index (χ0v) is 20.2. The second-order valence-corrected chi connectivity index (χ2v) is 10.2. The topological polar surface area (TPSA) is 60.8 Å². The third-order valence-corrected chi connectivity index (χ3v) is 7.15. The number of carbonyl (C=O) groups is 1. The summed E-state index contributed by atoms with van der Waals surface area (Å²) >= 11 is 0. The first kappa shape index (κ1) is 24.7. The molecule has 5 atom stereocenters. The molecule has 4 heteroatoms. The van der Waals surface area contributed by atoms with E-state index < -0.39 is 6.10 Å². The molecular weight excluding hydrogens is 398 g/mol. The van der Waals surface area contributed by atoms with E-state index in [0.717, 1.165) is 37.7 Å². The molecule has 0 unspecified atom stereocenters. The molecule has 0 heterocycles. The summed E-state index contributed by atoms with van der Waals surface area (Å²) in [5.41, 5.74) is 2.35. The Morgan fingerprint density at radius 2 is 1.81 bits per heavy atom. The standard InChI is InChI=1S/C28H41NO3/c1-19(2)29(20(3)4)28(32)13-9-8-10-21-16-23-18-27(31)24(25(23)17-21)14-15-26(30)22-11-6-5-7-12-22/h5-7,11-12,14-16,19-20,23-27,30-31H,8-10,13,17-18H2,1-4H3/b15-14+/t23-,24+,25-,26+,27+/m0/s1. The maximum atomic E-state index is 12.5. The minimum absolute atomic E-state index is 0.0966. The SMILES string of the molecule is CC(C)N(C(=O)CCCCC1=C[C@H]2C[C@@H](O)[C@H](/C=C/[C@@H](O)c3ccccc3)[C@H]2C1)C(C)C. The quantitative estimate of drug-likeness (QED) is 0.378. The van der Waals surface area contributed by atoms with Gasteiger partial charge in [-0.15, -0.1) is 0 Å². The lowest BCUT2D eigenvalue weighted by atomic mass is 9.88. The molecule has 2 aliphatic rings. The van der Waals surface area contributed by atoms with Crippen LogP contribution in [0.25, 0.3) is 0 Å². The van der Waals surface area contributed by atoms with Crippen LogP contribution < -0.4 is 0 Å². The monoisotopic (exact) mass is 439 g/mol. The molecule has 2 aliphatic carbocycles. The lowest BCUT2D eigenvalue weighted by Gasteiger charge is -2.30. The number of aliphatic hydroxyl groups is 2. The van der Waals surface area contributed by atoms with Crippen molar-refractivity contribution in [3.05, 3.63) is 59.7 Å². The van der Waals surface area contributed by atoms with Crippen LogP contribution in [0.3, 0.4) is 0 Å². The van der Waals surface area contributed by atoms with Crippen molar-refractivity contribution < 1.29 is 15.0 Å². The highest BCUT2D eigenvalue weighted by Crippen LogP contribution is 2.48. The van der Waals surface area contributed by atoms with Crippen molar-refractivity contribution in [3.8, 4) is 0 Å². The first-order valence-corrected chi connectivity index (χ1v) is 12.4. The largest absolute Gasteiger partial charge is 0.392 e. The van der Waals surface area contributed by atoms with E-state index in [2.05, 4.69) is 33.8 Å². The van der Waals surface area contributed by atoms with Crippen LogP contribution in [0.15, 0.2) is 54.1 Å². The highest BCUT2D eigenvalue weighted by molar-refractivity contribution is 5.76. The van der Waals surface area contributed by atoms with Crippen LogP contribution in [-0.4, -0.2) is 39.2 Å². The summed E-state index contributed by atoms with van der Waals surface area (Å²) in [5.74, 6) is 1.22. The number of allylic oxidation sites excluding steroid dienone is 2. The summed E-state index contributed by atoms with van der Waals surface area (Å²) in [5, 5.41) is 21.0. The molecule has 4 nitrogen and oxygen atoms in total. The van der Waals surface area contributed by atoms with Gasteiger partial charge in [-0.2, -0.15) is 0 Å². The van der Waals surface area contributed by atoms with Gasteiger partial charge in [0.05, 0.1) is 12.2 Å². The molecule has 0 spiro atoms. The first-order valence-electron chi connectivity index (χ1n) is 12.4. The van der Waals surface area contributed by atoms with Crippen molar-refractivity contribution in [3.63, 3.8) is 0 Å². The third-order valence-electron chi connectivity index (χ3n) is 7.15. The lowest BCUT2D eigenvalue weighted by Crippen LogP contribution is -2.41. The molecular formula is C28H41NO3. The molecule has 0 aliphatic heterocycles. The minimum atomic E-state index is -0.634. The minimum Gasteiger partial charge on any atom is -0.392 e. The summed E-state index contributed by atoms with van der Waals surface area (Å²) in [4.78, 5) is 14.5. The Kier molecular flexibility index (Phi) is 8.72. The molecule has 1 amide bonds. The fourth-order valence-corrected chi connectivity index (χ4v) is 5.72. The Balaban J connectivity index is 1.47. The first-order chi connectivity index (χ1) is 15.3. The third kappa shape index (κ3) is 6.11. The van der Waals surface area contributed by atoms with Crippen molar-refractivity contribution in [2.75, 3.05) is 0 Å². The average Bonchev–Trinajstić information content (AvgIpc) is 3.26. The van der Waals surface area contributed by atoms with E-state index in [0.29, 0.717) is 18.3 Å². The van der Waals surface area contributed by atoms with Crippen LogP contribution in [0.4, 0.5) is 0 Å². The molecule has 3 rings (SSSR count). The average molecular weight is 440 g/mol. The van der Waals surface area contributed by atoms with E-state index in [4.69, 9.17) is 0 Å². The number of amides is 1. The second kappa shape index (κ2) is 11.3. The van der Waals surface area contributed by atoms with Crippen molar-refractivity contribution >= 4 is 5.91 Å². The Hall–Kier alpha value is -1.91. The number of unbranched alkanes of at least 4 members (excludes halogenated alkanes) is 1. The molecule has 0 bridgehead atoms. The van der Waals surface area contributed by atoms with Gasteiger partial charge in [0.15, 0.2) is 0 Å². The lowest BCUT2D eigenvalue weighted by molar-refractivity contribution is -0.134. The number of carbonyl (C=O) groups excluding carboxylic acids is 1. The predicted octanol–water partition coefficient (Wildman–Crippen LogP) is 5.43.